The summed E-state index contributed by atoms with van der Waals surface area (Å²) >= 11 is 3.40. The maximum absolute atomic E-state index is 13.0. The second-order valence-corrected chi connectivity index (χ2v) is 7.06. The van der Waals surface area contributed by atoms with Gasteiger partial charge in [0.05, 0.1) is 5.69 Å². The van der Waals surface area contributed by atoms with Crippen LogP contribution in [0.2, 0.25) is 0 Å². The Balaban J connectivity index is 1.58. The highest BCUT2D eigenvalue weighted by Crippen LogP contribution is 2.22. The first-order valence-electron chi connectivity index (χ1n) is 8.31. The van der Waals surface area contributed by atoms with Gasteiger partial charge in [0.15, 0.2) is 0 Å². The number of carbonyl (C=O) groups is 3. The van der Waals surface area contributed by atoms with Crippen molar-refractivity contribution in [3.8, 4) is 0 Å². The first-order valence-corrected chi connectivity index (χ1v) is 9.10. The first kappa shape index (κ1) is 19.0. The van der Waals surface area contributed by atoms with Gasteiger partial charge in [0.25, 0.3) is 5.91 Å². The summed E-state index contributed by atoms with van der Waals surface area (Å²) < 4.78 is 14.0. The van der Waals surface area contributed by atoms with Crippen LogP contribution in [0.1, 0.15) is 18.4 Å². The van der Waals surface area contributed by atoms with Crippen molar-refractivity contribution in [1.82, 2.24) is 5.32 Å². The van der Waals surface area contributed by atoms with Gasteiger partial charge in [-0.3, -0.25) is 9.59 Å². The Kier molecular flexibility index (Phi) is 5.55. The molecule has 0 radical (unpaired) electrons. The molecule has 0 spiro atoms. The normalized spacial score (nSPS) is 16.4. The van der Waals surface area contributed by atoms with E-state index in [4.69, 9.17) is 0 Å². The van der Waals surface area contributed by atoms with E-state index in [0.717, 1.165) is 14.9 Å². The molecule has 1 saturated heterocycles. The average Bonchev–Trinajstić information content (AvgIpc) is 2.91. The molecule has 27 heavy (non-hydrogen) atoms. The van der Waals surface area contributed by atoms with Crippen molar-refractivity contribution in [2.75, 3.05) is 10.2 Å². The number of benzene rings is 2. The summed E-state index contributed by atoms with van der Waals surface area (Å²) in [6.45, 7) is 1.91. The minimum atomic E-state index is -0.792. The van der Waals surface area contributed by atoms with Gasteiger partial charge in [-0.2, -0.15) is 0 Å². The molecule has 0 unspecified atom stereocenters. The van der Waals surface area contributed by atoms with Crippen LogP contribution >= 0.6 is 15.9 Å². The number of amides is 4. The average molecular weight is 434 g/mol. The third kappa shape index (κ3) is 4.33. The molecule has 2 aromatic carbocycles. The lowest BCUT2D eigenvalue weighted by Crippen LogP contribution is -2.31. The molecule has 8 heteroatoms. The fourth-order valence-electron chi connectivity index (χ4n) is 2.78. The van der Waals surface area contributed by atoms with Crippen molar-refractivity contribution in [1.29, 1.82) is 0 Å². The highest BCUT2D eigenvalue weighted by atomic mass is 79.9. The predicted octanol–water partition coefficient (Wildman–Crippen LogP) is 3.74. The van der Waals surface area contributed by atoms with E-state index in [1.807, 2.05) is 19.1 Å². The lowest BCUT2D eigenvalue weighted by Gasteiger charge is -2.13. The number of imide groups is 1. The monoisotopic (exact) mass is 433 g/mol. The van der Waals surface area contributed by atoms with Crippen molar-refractivity contribution < 1.29 is 18.8 Å². The van der Waals surface area contributed by atoms with E-state index in [9.17, 15) is 18.8 Å². The van der Waals surface area contributed by atoms with Gasteiger partial charge >= 0.3 is 6.03 Å². The number of nitrogens with one attached hydrogen (secondary N) is 2. The molecular weight excluding hydrogens is 417 g/mol. The van der Waals surface area contributed by atoms with E-state index in [1.54, 1.807) is 6.07 Å². The summed E-state index contributed by atoms with van der Waals surface area (Å²) in [4.78, 5) is 37.6. The van der Waals surface area contributed by atoms with Crippen LogP contribution in [0.3, 0.4) is 0 Å². The zero-order valence-electron chi connectivity index (χ0n) is 14.5. The molecule has 4 amide bonds. The molecule has 0 aliphatic carbocycles. The number of hydrogen-bond donors (Lipinski definition) is 2. The van der Waals surface area contributed by atoms with Gasteiger partial charge in [-0.15, -0.1) is 0 Å². The molecule has 3 rings (SSSR count). The van der Waals surface area contributed by atoms with Crippen LogP contribution in [0, 0.1) is 12.7 Å². The molecule has 2 N–H and O–H groups in total. The second-order valence-electron chi connectivity index (χ2n) is 6.20. The van der Waals surface area contributed by atoms with Gasteiger partial charge in [-0.25, -0.2) is 14.1 Å². The molecule has 6 nitrogen and oxygen atoms in total. The van der Waals surface area contributed by atoms with Gasteiger partial charge in [0.2, 0.25) is 5.91 Å². The number of hydrogen-bond acceptors (Lipinski definition) is 3. The van der Waals surface area contributed by atoms with Crippen molar-refractivity contribution in [2.45, 2.75) is 25.8 Å². The number of rotatable bonds is 5. The molecule has 0 bridgehead atoms. The number of aryl methyl sites for hydroxylation is 1. The predicted molar refractivity (Wildman–Crippen MR) is 103 cm³/mol. The topological polar surface area (TPSA) is 78.5 Å². The Hall–Kier alpha value is -2.74. The van der Waals surface area contributed by atoms with Gasteiger partial charge in [0, 0.05) is 16.6 Å². The molecular formula is C19H17BrFN3O3. The Morgan fingerprint density at radius 3 is 2.59 bits per heavy atom. The lowest BCUT2D eigenvalue weighted by atomic mass is 10.1. The molecule has 1 heterocycles. The molecule has 0 aromatic heterocycles. The zero-order valence-corrected chi connectivity index (χ0v) is 16.0. The second kappa shape index (κ2) is 7.87. The molecule has 1 aliphatic heterocycles. The number of nitrogens with zero attached hydrogens (tertiary/aromatic N) is 1. The van der Waals surface area contributed by atoms with Crippen LogP contribution in [0.5, 0.6) is 0 Å². The summed E-state index contributed by atoms with van der Waals surface area (Å²) in [5.41, 5.74) is 1.94. The standard InChI is InChI=1S/C19H17BrFN3O3/c1-11-10-13(4-7-15(11)20)22-17(25)9-8-16-18(26)24(19(27)23-16)14-5-2-12(21)3-6-14/h2-7,10,16H,8-9H2,1H3,(H,22,25)(H,23,27)/t16-/m1/s1. The van der Waals surface area contributed by atoms with Crippen molar-refractivity contribution >= 4 is 45.2 Å². The van der Waals surface area contributed by atoms with Gasteiger partial charge in [-0.05, 0) is 61.4 Å². The number of carbonyl (C=O) groups excluding carboxylic acids is 3. The quantitative estimate of drug-likeness (QED) is 0.704. The van der Waals surface area contributed by atoms with E-state index in [2.05, 4.69) is 26.6 Å². The summed E-state index contributed by atoms with van der Waals surface area (Å²) in [6.07, 6.45) is 0.243. The molecule has 0 saturated carbocycles. The fourth-order valence-corrected chi connectivity index (χ4v) is 3.03. The smallest absolute Gasteiger partial charge is 0.326 e. The minimum Gasteiger partial charge on any atom is -0.326 e. The zero-order chi connectivity index (χ0) is 19.6. The van der Waals surface area contributed by atoms with E-state index in [1.165, 1.54) is 24.3 Å². The number of urea groups is 1. The Morgan fingerprint density at radius 2 is 1.93 bits per heavy atom. The van der Waals surface area contributed by atoms with Crippen molar-refractivity contribution in [2.24, 2.45) is 0 Å². The van der Waals surface area contributed by atoms with E-state index < -0.39 is 23.8 Å². The Labute approximate surface area is 163 Å². The molecule has 1 atom stereocenters. The summed E-state index contributed by atoms with van der Waals surface area (Å²) in [5, 5.41) is 5.33. The van der Waals surface area contributed by atoms with Crippen LogP contribution in [0.4, 0.5) is 20.6 Å². The van der Waals surface area contributed by atoms with Crippen LogP contribution in [-0.4, -0.2) is 23.9 Å². The third-order valence-corrected chi connectivity index (χ3v) is 5.10. The van der Waals surface area contributed by atoms with Crippen molar-refractivity contribution in [3.63, 3.8) is 0 Å². The van der Waals surface area contributed by atoms with Crippen LogP contribution < -0.4 is 15.5 Å². The molecule has 140 valence electrons. The Bertz CT molecular complexity index is 902. The van der Waals surface area contributed by atoms with E-state index >= 15 is 0 Å². The largest absolute Gasteiger partial charge is 0.329 e. The lowest BCUT2D eigenvalue weighted by molar-refractivity contribution is -0.119. The third-order valence-electron chi connectivity index (χ3n) is 4.21. The summed E-state index contributed by atoms with van der Waals surface area (Å²) in [5.74, 6) is -1.17. The van der Waals surface area contributed by atoms with Crippen LogP contribution in [0.15, 0.2) is 46.9 Å². The highest BCUT2D eigenvalue weighted by molar-refractivity contribution is 9.10. The fraction of sp³-hybridized carbons (Fsp3) is 0.211. The maximum Gasteiger partial charge on any atom is 0.329 e. The van der Waals surface area contributed by atoms with E-state index in [-0.39, 0.29) is 24.4 Å². The number of halogens is 2. The Morgan fingerprint density at radius 1 is 1.22 bits per heavy atom. The first-order chi connectivity index (χ1) is 12.8. The summed E-state index contributed by atoms with van der Waals surface area (Å²) in [6, 6.07) is 9.14. The molecule has 2 aromatic rings. The van der Waals surface area contributed by atoms with E-state index in [0.29, 0.717) is 5.69 Å². The molecule has 1 aliphatic rings. The van der Waals surface area contributed by atoms with Gasteiger partial charge in [-0.1, -0.05) is 15.9 Å². The van der Waals surface area contributed by atoms with Crippen molar-refractivity contribution in [3.05, 3.63) is 58.3 Å². The van der Waals surface area contributed by atoms with Crippen LogP contribution in [0.25, 0.3) is 0 Å². The minimum absolute atomic E-state index is 0.0725. The van der Waals surface area contributed by atoms with Gasteiger partial charge < -0.3 is 10.6 Å². The summed E-state index contributed by atoms with van der Waals surface area (Å²) in [7, 11) is 0. The van der Waals surface area contributed by atoms with Gasteiger partial charge in [0.1, 0.15) is 11.9 Å². The SMILES string of the molecule is Cc1cc(NC(=O)CC[C@H]2NC(=O)N(c3ccc(F)cc3)C2=O)ccc1Br. The molecule has 1 fully saturated rings. The van der Waals surface area contributed by atoms with Crippen LogP contribution in [-0.2, 0) is 9.59 Å². The number of anilines is 2. The maximum atomic E-state index is 13.0. The highest BCUT2D eigenvalue weighted by Gasteiger charge is 2.38.